The van der Waals surface area contributed by atoms with Crippen LogP contribution in [0, 0.1) is 0 Å². The van der Waals surface area contributed by atoms with Crippen molar-refractivity contribution in [3.8, 4) is 0 Å². The Balaban J connectivity index is 1.55. The van der Waals surface area contributed by atoms with Gasteiger partial charge in [-0.25, -0.2) is 9.59 Å². The van der Waals surface area contributed by atoms with Gasteiger partial charge in [-0.2, -0.15) is 5.10 Å². The summed E-state index contributed by atoms with van der Waals surface area (Å²) >= 11 is 0. The number of benzene rings is 3. The number of fused-ring (bicyclic) bond motifs is 1. The SMILES string of the molecule is CC1=C(C(=O)O[C@@H](C)c2ccccc2)C(c2ccc3c(cnn3C)c2)C(C(=O)O[C@@H](C)c2ccccc2)=C(C)N1. The molecule has 1 aromatic heterocycles. The van der Waals surface area contributed by atoms with Crippen molar-refractivity contribution in [1.82, 2.24) is 15.1 Å². The maximum atomic E-state index is 13.9. The number of nitrogens with one attached hydrogen (secondary N) is 1. The van der Waals surface area contributed by atoms with Gasteiger partial charge in [0.1, 0.15) is 12.2 Å². The lowest BCUT2D eigenvalue weighted by atomic mass is 9.80. The molecule has 7 heteroatoms. The zero-order valence-electron chi connectivity index (χ0n) is 23.3. The fourth-order valence-electron chi connectivity index (χ4n) is 5.26. The highest BCUT2D eigenvalue weighted by atomic mass is 16.5. The molecule has 1 N–H and O–H groups in total. The summed E-state index contributed by atoms with van der Waals surface area (Å²) in [7, 11) is 1.88. The van der Waals surface area contributed by atoms with E-state index < -0.39 is 30.1 Å². The Morgan fingerprint density at radius 2 is 1.30 bits per heavy atom. The highest BCUT2D eigenvalue weighted by Gasteiger charge is 2.39. The summed E-state index contributed by atoms with van der Waals surface area (Å²) in [6.45, 7) is 7.34. The van der Waals surface area contributed by atoms with Gasteiger partial charge in [-0.15, -0.1) is 0 Å². The molecular formula is C33H33N3O4. The van der Waals surface area contributed by atoms with Crippen LogP contribution in [0.25, 0.3) is 10.9 Å². The van der Waals surface area contributed by atoms with E-state index in [1.807, 2.05) is 114 Å². The molecule has 1 aliphatic rings. The zero-order chi connectivity index (χ0) is 28.4. The minimum absolute atomic E-state index is 0.371. The van der Waals surface area contributed by atoms with Gasteiger partial charge < -0.3 is 14.8 Å². The molecule has 5 rings (SSSR count). The van der Waals surface area contributed by atoms with Gasteiger partial charge in [-0.05, 0) is 56.5 Å². The largest absolute Gasteiger partial charge is 0.454 e. The molecule has 0 unspecified atom stereocenters. The summed E-state index contributed by atoms with van der Waals surface area (Å²) < 4.78 is 13.7. The molecule has 1 aliphatic heterocycles. The summed E-state index contributed by atoms with van der Waals surface area (Å²) in [6.07, 6.45) is 0.824. The number of ether oxygens (including phenoxy) is 2. The van der Waals surface area contributed by atoms with Crippen LogP contribution < -0.4 is 5.32 Å². The molecule has 2 heterocycles. The van der Waals surface area contributed by atoms with E-state index in [0.717, 1.165) is 27.6 Å². The van der Waals surface area contributed by atoms with Crippen LogP contribution in [0.15, 0.2) is 108 Å². The molecular weight excluding hydrogens is 502 g/mol. The van der Waals surface area contributed by atoms with Gasteiger partial charge in [0.2, 0.25) is 0 Å². The fraction of sp³-hybridized carbons (Fsp3) is 0.242. The molecule has 204 valence electrons. The average Bonchev–Trinajstić information content (AvgIpc) is 3.33. The maximum Gasteiger partial charge on any atom is 0.337 e. The van der Waals surface area contributed by atoms with Crippen LogP contribution in [0.2, 0.25) is 0 Å². The second-order valence-electron chi connectivity index (χ2n) is 10.1. The number of esters is 2. The number of hydrogen-bond acceptors (Lipinski definition) is 6. The number of allylic oxidation sites excluding steroid dienone is 2. The first-order valence-electron chi connectivity index (χ1n) is 13.4. The van der Waals surface area contributed by atoms with E-state index in [1.54, 1.807) is 10.9 Å². The molecule has 0 fully saturated rings. The molecule has 0 saturated heterocycles. The van der Waals surface area contributed by atoms with Crippen LogP contribution >= 0.6 is 0 Å². The fourth-order valence-corrected chi connectivity index (χ4v) is 5.26. The van der Waals surface area contributed by atoms with E-state index in [9.17, 15) is 9.59 Å². The topological polar surface area (TPSA) is 82.5 Å². The van der Waals surface area contributed by atoms with Gasteiger partial charge in [0.15, 0.2) is 0 Å². The molecule has 3 aromatic carbocycles. The maximum absolute atomic E-state index is 13.9. The Kier molecular flexibility index (Phi) is 7.56. The summed E-state index contributed by atoms with van der Waals surface area (Å²) in [4.78, 5) is 27.7. The molecule has 0 bridgehead atoms. The van der Waals surface area contributed by atoms with Crippen LogP contribution in [0.4, 0.5) is 0 Å². The van der Waals surface area contributed by atoms with Crippen LogP contribution in [-0.2, 0) is 26.1 Å². The Bertz CT molecular complexity index is 1540. The predicted molar refractivity (Wildman–Crippen MR) is 154 cm³/mol. The summed E-state index contributed by atoms with van der Waals surface area (Å²) in [5.74, 6) is -1.69. The molecule has 0 amide bonds. The third kappa shape index (κ3) is 5.27. The molecule has 0 spiro atoms. The van der Waals surface area contributed by atoms with Crippen LogP contribution in [-0.4, -0.2) is 21.7 Å². The number of dihydropyridines is 1. The van der Waals surface area contributed by atoms with E-state index in [0.29, 0.717) is 22.5 Å². The van der Waals surface area contributed by atoms with Crippen molar-refractivity contribution in [3.05, 3.63) is 124 Å². The van der Waals surface area contributed by atoms with Gasteiger partial charge in [0, 0.05) is 23.8 Å². The van der Waals surface area contributed by atoms with Crippen LogP contribution in [0.1, 0.15) is 62.5 Å². The first-order valence-corrected chi connectivity index (χ1v) is 13.4. The van der Waals surface area contributed by atoms with E-state index in [4.69, 9.17) is 9.47 Å². The Morgan fingerprint density at radius 1 is 0.800 bits per heavy atom. The van der Waals surface area contributed by atoms with Gasteiger partial charge in [-0.1, -0.05) is 66.7 Å². The van der Waals surface area contributed by atoms with Crippen molar-refractivity contribution in [1.29, 1.82) is 0 Å². The summed E-state index contributed by atoms with van der Waals surface area (Å²) in [5, 5.41) is 8.52. The lowest BCUT2D eigenvalue weighted by molar-refractivity contribution is -0.145. The second kappa shape index (κ2) is 11.2. The molecule has 40 heavy (non-hydrogen) atoms. The third-order valence-electron chi connectivity index (χ3n) is 7.41. The molecule has 4 aromatic rings. The van der Waals surface area contributed by atoms with Gasteiger partial charge in [0.05, 0.1) is 28.8 Å². The Morgan fingerprint density at radius 3 is 1.80 bits per heavy atom. The lowest BCUT2D eigenvalue weighted by Gasteiger charge is -2.31. The highest BCUT2D eigenvalue weighted by molar-refractivity contribution is 6.00. The molecule has 0 saturated carbocycles. The van der Waals surface area contributed by atoms with Crippen molar-refractivity contribution >= 4 is 22.8 Å². The standard InChI is InChI=1S/C33H33N3O4/c1-20-29(32(37)39-22(3)24-12-8-6-9-13-24)31(26-16-17-28-27(18-26)19-34-36(28)5)30(21(2)35-20)33(38)40-23(4)25-14-10-7-11-15-25/h6-19,22-23,31,35H,1-5H3/t22-,23-/m0/s1. The van der Waals surface area contributed by atoms with Crippen molar-refractivity contribution < 1.29 is 19.1 Å². The Hall–Kier alpha value is -4.65. The first-order chi connectivity index (χ1) is 19.2. The number of nitrogens with zero attached hydrogens (tertiary/aromatic N) is 2. The van der Waals surface area contributed by atoms with Crippen LogP contribution in [0.5, 0.6) is 0 Å². The number of carbonyl (C=O) groups excluding carboxylic acids is 2. The predicted octanol–water partition coefficient (Wildman–Crippen LogP) is 6.42. The lowest BCUT2D eigenvalue weighted by Crippen LogP contribution is -2.33. The van der Waals surface area contributed by atoms with Crippen molar-refractivity contribution in [2.75, 3.05) is 0 Å². The second-order valence-corrected chi connectivity index (χ2v) is 10.1. The van der Waals surface area contributed by atoms with Gasteiger partial charge in [0.25, 0.3) is 0 Å². The minimum atomic E-state index is -0.697. The van der Waals surface area contributed by atoms with E-state index >= 15 is 0 Å². The number of aryl methyl sites for hydroxylation is 1. The molecule has 0 radical (unpaired) electrons. The number of rotatable bonds is 7. The normalized spacial score (nSPS) is 15.5. The number of hydrogen-bond donors (Lipinski definition) is 1. The first kappa shape index (κ1) is 26.9. The quantitative estimate of drug-likeness (QED) is 0.275. The number of aromatic nitrogens is 2. The zero-order valence-corrected chi connectivity index (χ0v) is 23.3. The van der Waals surface area contributed by atoms with Crippen molar-refractivity contribution in [3.63, 3.8) is 0 Å². The van der Waals surface area contributed by atoms with E-state index in [-0.39, 0.29) is 0 Å². The van der Waals surface area contributed by atoms with Gasteiger partial charge in [-0.3, -0.25) is 4.68 Å². The molecule has 7 nitrogen and oxygen atoms in total. The third-order valence-corrected chi connectivity index (χ3v) is 7.41. The Labute approximate surface area is 234 Å². The minimum Gasteiger partial charge on any atom is -0.454 e. The van der Waals surface area contributed by atoms with Gasteiger partial charge >= 0.3 is 11.9 Å². The van der Waals surface area contributed by atoms with Crippen molar-refractivity contribution in [2.24, 2.45) is 7.05 Å². The number of carbonyl (C=O) groups is 2. The monoisotopic (exact) mass is 535 g/mol. The average molecular weight is 536 g/mol. The summed E-state index contributed by atoms with van der Waals surface area (Å²) in [6, 6.07) is 25.0. The van der Waals surface area contributed by atoms with Crippen LogP contribution in [0.3, 0.4) is 0 Å². The molecule has 2 atom stereocenters. The van der Waals surface area contributed by atoms with Crippen molar-refractivity contribution in [2.45, 2.75) is 45.8 Å². The highest BCUT2D eigenvalue weighted by Crippen LogP contribution is 2.41. The molecule has 0 aliphatic carbocycles. The summed E-state index contributed by atoms with van der Waals surface area (Å²) in [5.41, 5.74) is 5.50. The van der Waals surface area contributed by atoms with E-state index in [2.05, 4.69) is 10.4 Å². The van der Waals surface area contributed by atoms with E-state index in [1.165, 1.54) is 0 Å². The smallest absolute Gasteiger partial charge is 0.337 e.